The Labute approximate surface area is 102 Å². The minimum absolute atomic E-state index is 0.0648. The summed E-state index contributed by atoms with van der Waals surface area (Å²) in [6.07, 6.45) is 1.22. The van der Waals surface area contributed by atoms with Crippen molar-refractivity contribution in [3.8, 4) is 0 Å². The molecule has 0 amide bonds. The maximum absolute atomic E-state index is 11.8. The summed E-state index contributed by atoms with van der Waals surface area (Å²) >= 11 is 0. The SMILES string of the molecule is CCCn1c(=O)[nH]c(=O)c2c(CC)cc(=O)oc21. The molecule has 0 saturated carbocycles. The maximum Gasteiger partial charge on any atom is 0.337 e. The van der Waals surface area contributed by atoms with Gasteiger partial charge >= 0.3 is 11.3 Å². The van der Waals surface area contributed by atoms with E-state index in [9.17, 15) is 14.4 Å². The van der Waals surface area contributed by atoms with Gasteiger partial charge in [0.25, 0.3) is 5.56 Å². The number of hydrogen-bond acceptors (Lipinski definition) is 4. The zero-order chi connectivity index (χ0) is 13.3. The Hall–Kier alpha value is -2.11. The molecule has 0 aliphatic carbocycles. The van der Waals surface area contributed by atoms with Gasteiger partial charge in [-0.1, -0.05) is 13.8 Å². The van der Waals surface area contributed by atoms with Crippen LogP contribution in [0, 0.1) is 0 Å². The fourth-order valence-corrected chi connectivity index (χ4v) is 1.99. The van der Waals surface area contributed by atoms with E-state index in [4.69, 9.17) is 4.42 Å². The largest absolute Gasteiger partial charge is 0.405 e. The number of aryl methyl sites for hydroxylation is 2. The van der Waals surface area contributed by atoms with Gasteiger partial charge in [-0.15, -0.1) is 0 Å². The Balaban J connectivity index is 3.03. The van der Waals surface area contributed by atoms with Gasteiger partial charge in [-0.05, 0) is 18.4 Å². The van der Waals surface area contributed by atoms with Crippen molar-refractivity contribution in [2.24, 2.45) is 0 Å². The van der Waals surface area contributed by atoms with E-state index in [1.807, 2.05) is 13.8 Å². The van der Waals surface area contributed by atoms with E-state index in [1.54, 1.807) is 0 Å². The van der Waals surface area contributed by atoms with Crippen LogP contribution in [0.3, 0.4) is 0 Å². The molecule has 2 aromatic heterocycles. The Morgan fingerprint density at radius 1 is 1.28 bits per heavy atom. The third-order valence-corrected chi connectivity index (χ3v) is 2.79. The van der Waals surface area contributed by atoms with Gasteiger partial charge in [-0.3, -0.25) is 14.3 Å². The molecule has 0 atom stereocenters. The molecule has 0 aliphatic rings. The van der Waals surface area contributed by atoms with Crippen LogP contribution < -0.4 is 16.9 Å². The molecule has 0 aliphatic heterocycles. The highest BCUT2D eigenvalue weighted by Crippen LogP contribution is 2.11. The highest BCUT2D eigenvalue weighted by atomic mass is 16.4. The molecule has 0 unspecified atom stereocenters. The van der Waals surface area contributed by atoms with E-state index in [0.29, 0.717) is 24.9 Å². The number of nitrogens with one attached hydrogen (secondary N) is 1. The molecule has 96 valence electrons. The second kappa shape index (κ2) is 4.64. The van der Waals surface area contributed by atoms with E-state index >= 15 is 0 Å². The Morgan fingerprint density at radius 3 is 2.61 bits per heavy atom. The van der Waals surface area contributed by atoms with Gasteiger partial charge in [0, 0.05) is 12.6 Å². The molecule has 2 aromatic rings. The first-order valence-corrected chi connectivity index (χ1v) is 5.88. The molecule has 0 saturated heterocycles. The number of hydrogen-bond donors (Lipinski definition) is 1. The van der Waals surface area contributed by atoms with Gasteiger partial charge < -0.3 is 4.42 Å². The van der Waals surface area contributed by atoms with Crippen LogP contribution in [0.15, 0.2) is 24.9 Å². The summed E-state index contributed by atoms with van der Waals surface area (Å²) in [5.74, 6) is 0. The van der Waals surface area contributed by atoms with Crippen LogP contribution in [-0.2, 0) is 13.0 Å². The van der Waals surface area contributed by atoms with Gasteiger partial charge in [-0.2, -0.15) is 0 Å². The summed E-state index contributed by atoms with van der Waals surface area (Å²) < 4.78 is 6.33. The van der Waals surface area contributed by atoms with Crippen molar-refractivity contribution in [1.82, 2.24) is 9.55 Å². The number of aromatic nitrogens is 2. The quantitative estimate of drug-likeness (QED) is 0.865. The Bertz CT molecular complexity index is 751. The second-order valence-corrected chi connectivity index (χ2v) is 4.04. The number of H-pyrrole nitrogens is 1. The molecule has 6 nitrogen and oxygen atoms in total. The smallest absolute Gasteiger partial charge is 0.337 e. The van der Waals surface area contributed by atoms with Crippen LogP contribution in [0.2, 0.25) is 0 Å². The minimum atomic E-state index is -0.550. The van der Waals surface area contributed by atoms with Crippen molar-refractivity contribution in [3.05, 3.63) is 42.9 Å². The van der Waals surface area contributed by atoms with Crippen LogP contribution in [0.4, 0.5) is 0 Å². The molecule has 1 N–H and O–H groups in total. The van der Waals surface area contributed by atoms with E-state index in [-0.39, 0.29) is 11.1 Å². The van der Waals surface area contributed by atoms with Crippen molar-refractivity contribution in [2.75, 3.05) is 0 Å². The summed E-state index contributed by atoms with van der Waals surface area (Å²) in [7, 11) is 0. The molecular weight excluding hydrogens is 236 g/mol. The lowest BCUT2D eigenvalue weighted by Crippen LogP contribution is -2.31. The standard InChI is InChI=1S/C12H14N2O4/c1-3-5-14-11-9(10(16)13-12(14)17)7(4-2)6-8(15)18-11/h6H,3-5H2,1-2H3,(H,13,16,17). The van der Waals surface area contributed by atoms with Crippen molar-refractivity contribution in [3.63, 3.8) is 0 Å². The van der Waals surface area contributed by atoms with Crippen molar-refractivity contribution in [2.45, 2.75) is 33.2 Å². The average molecular weight is 250 g/mol. The molecule has 0 spiro atoms. The van der Waals surface area contributed by atoms with Crippen LogP contribution >= 0.6 is 0 Å². The number of rotatable bonds is 3. The number of fused-ring (bicyclic) bond motifs is 1. The fraction of sp³-hybridized carbons (Fsp3) is 0.417. The van der Waals surface area contributed by atoms with E-state index < -0.39 is 16.9 Å². The second-order valence-electron chi connectivity index (χ2n) is 4.04. The summed E-state index contributed by atoms with van der Waals surface area (Å²) in [4.78, 5) is 37.2. The first-order chi connectivity index (χ1) is 8.58. The zero-order valence-corrected chi connectivity index (χ0v) is 10.3. The van der Waals surface area contributed by atoms with E-state index in [0.717, 1.165) is 0 Å². The highest BCUT2D eigenvalue weighted by molar-refractivity contribution is 5.75. The first-order valence-electron chi connectivity index (χ1n) is 5.88. The highest BCUT2D eigenvalue weighted by Gasteiger charge is 2.13. The molecule has 6 heteroatoms. The summed E-state index contributed by atoms with van der Waals surface area (Å²) in [5.41, 5.74) is -0.954. The topological polar surface area (TPSA) is 85.1 Å². The number of nitrogens with zero attached hydrogens (tertiary/aromatic N) is 1. The summed E-state index contributed by atoms with van der Waals surface area (Å²) in [5, 5.41) is 0.283. The molecule has 2 heterocycles. The Morgan fingerprint density at radius 2 is 2.00 bits per heavy atom. The van der Waals surface area contributed by atoms with Crippen LogP contribution in [-0.4, -0.2) is 9.55 Å². The van der Waals surface area contributed by atoms with Crippen molar-refractivity contribution in [1.29, 1.82) is 0 Å². The van der Waals surface area contributed by atoms with Crippen LogP contribution in [0.5, 0.6) is 0 Å². The van der Waals surface area contributed by atoms with Gasteiger partial charge in [0.15, 0.2) is 0 Å². The predicted molar refractivity (Wildman–Crippen MR) is 67.0 cm³/mol. The third kappa shape index (κ3) is 1.90. The molecule has 18 heavy (non-hydrogen) atoms. The maximum atomic E-state index is 11.8. The zero-order valence-electron chi connectivity index (χ0n) is 10.3. The minimum Gasteiger partial charge on any atom is -0.405 e. The molecule has 0 bridgehead atoms. The van der Waals surface area contributed by atoms with Gasteiger partial charge in [0.1, 0.15) is 5.39 Å². The van der Waals surface area contributed by atoms with Crippen molar-refractivity contribution < 1.29 is 4.42 Å². The van der Waals surface area contributed by atoms with Gasteiger partial charge in [0.05, 0.1) is 0 Å². The normalized spacial score (nSPS) is 11.0. The average Bonchev–Trinajstić information content (AvgIpc) is 2.32. The summed E-state index contributed by atoms with van der Waals surface area (Å²) in [6, 6.07) is 1.29. The number of aromatic amines is 1. The van der Waals surface area contributed by atoms with Crippen molar-refractivity contribution >= 4 is 11.1 Å². The molecule has 0 fully saturated rings. The Kier molecular flexibility index (Phi) is 3.18. The van der Waals surface area contributed by atoms with Crippen LogP contribution in [0.25, 0.3) is 11.1 Å². The lowest BCUT2D eigenvalue weighted by molar-refractivity contribution is 0.502. The molecule has 0 radical (unpaired) electrons. The first kappa shape index (κ1) is 12.3. The monoisotopic (exact) mass is 250 g/mol. The summed E-state index contributed by atoms with van der Waals surface area (Å²) in [6.45, 7) is 4.12. The van der Waals surface area contributed by atoms with E-state index in [2.05, 4.69) is 4.98 Å². The predicted octanol–water partition coefficient (Wildman–Crippen LogP) is 0.615. The van der Waals surface area contributed by atoms with Gasteiger partial charge in [0.2, 0.25) is 5.71 Å². The molecule has 2 rings (SSSR count). The third-order valence-electron chi connectivity index (χ3n) is 2.79. The van der Waals surface area contributed by atoms with Gasteiger partial charge in [-0.25, -0.2) is 9.59 Å². The molecule has 0 aromatic carbocycles. The lowest BCUT2D eigenvalue weighted by atomic mass is 10.1. The molecular formula is C12H14N2O4. The fourth-order valence-electron chi connectivity index (χ4n) is 1.99. The van der Waals surface area contributed by atoms with E-state index in [1.165, 1.54) is 10.6 Å². The van der Waals surface area contributed by atoms with Crippen LogP contribution in [0.1, 0.15) is 25.8 Å². The lowest BCUT2D eigenvalue weighted by Gasteiger charge is -2.08.